The molecule has 1 heteroatoms. The molecule has 1 saturated carbocycles. The molecule has 0 N–H and O–H groups in total. The summed E-state index contributed by atoms with van der Waals surface area (Å²) in [6.45, 7) is 0. The molecule has 0 aromatic rings. The van der Waals surface area contributed by atoms with Gasteiger partial charge in [-0.3, -0.25) is 0 Å². The minimum Gasteiger partial charge on any atom is -0.370 e. The molecule has 0 amide bonds. The molecule has 0 aromatic heterocycles. The van der Waals surface area contributed by atoms with E-state index in [4.69, 9.17) is 11.2 Å². The zero-order valence-corrected chi connectivity index (χ0v) is 5.34. The van der Waals surface area contributed by atoms with E-state index in [1.54, 1.807) is 0 Å². The summed E-state index contributed by atoms with van der Waals surface area (Å²) in [4.78, 5) is 0. The van der Waals surface area contributed by atoms with E-state index < -0.39 is 0 Å². The van der Waals surface area contributed by atoms with E-state index in [1.165, 1.54) is 12.8 Å². The molecule has 48 valence electrons. The van der Waals surface area contributed by atoms with Gasteiger partial charge < -0.3 is 4.74 Å². The Balaban J connectivity index is 1.95. The first-order valence-electron chi connectivity index (χ1n) is 3.52. The van der Waals surface area contributed by atoms with Crippen LogP contribution in [0, 0.1) is 18.3 Å². The minimum atomic E-state index is 0.508. The minimum absolute atomic E-state index is 0.508. The Hall–Kier alpha value is -0.480. The Labute approximate surface area is 55.4 Å². The molecule has 0 radical (unpaired) electrons. The van der Waals surface area contributed by atoms with Gasteiger partial charge in [0, 0.05) is 5.92 Å². The van der Waals surface area contributed by atoms with Gasteiger partial charge in [0.2, 0.25) is 0 Å². The molecule has 2 rings (SSSR count). The SMILES string of the molecule is C#CC1CCC2OC2C1. The molecule has 1 heterocycles. The Morgan fingerprint density at radius 2 is 2.22 bits per heavy atom. The Kier molecular flexibility index (Phi) is 1.03. The zero-order valence-electron chi connectivity index (χ0n) is 5.34. The van der Waals surface area contributed by atoms with Gasteiger partial charge in [-0.1, -0.05) is 0 Å². The molecule has 1 saturated heterocycles. The van der Waals surface area contributed by atoms with Crippen LogP contribution in [-0.2, 0) is 4.74 Å². The van der Waals surface area contributed by atoms with E-state index in [-0.39, 0.29) is 0 Å². The maximum atomic E-state index is 5.31. The quantitative estimate of drug-likeness (QED) is 0.347. The number of hydrogen-bond donors (Lipinski definition) is 0. The number of rotatable bonds is 0. The number of ether oxygens (including phenoxy) is 1. The van der Waals surface area contributed by atoms with Crippen LogP contribution in [0.3, 0.4) is 0 Å². The number of terminal acetylenes is 1. The van der Waals surface area contributed by atoms with Crippen LogP contribution in [0.15, 0.2) is 0 Å². The van der Waals surface area contributed by atoms with E-state index in [0.717, 1.165) is 6.42 Å². The molecular weight excluding hydrogens is 112 g/mol. The van der Waals surface area contributed by atoms with Crippen molar-refractivity contribution in [1.82, 2.24) is 0 Å². The van der Waals surface area contributed by atoms with Crippen molar-refractivity contribution in [2.24, 2.45) is 5.92 Å². The van der Waals surface area contributed by atoms with Gasteiger partial charge in [-0.05, 0) is 19.3 Å². The maximum absolute atomic E-state index is 5.31. The van der Waals surface area contributed by atoms with Crippen LogP contribution in [0.2, 0.25) is 0 Å². The normalized spacial score (nSPS) is 47.2. The van der Waals surface area contributed by atoms with Gasteiger partial charge in [-0.15, -0.1) is 12.3 Å². The van der Waals surface area contributed by atoms with Crippen LogP contribution < -0.4 is 0 Å². The van der Waals surface area contributed by atoms with Gasteiger partial charge in [0.25, 0.3) is 0 Å². The number of epoxide rings is 1. The molecule has 9 heavy (non-hydrogen) atoms. The standard InChI is InChI=1S/C8H10O/c1-2-6-3-4-7-8(5-6)9-7/h1,6-8H,3-5H2. The molecule has 2 aliphatic rings. The highest BCUT2D eigenvalue weighted by Gasteiger charge is 2.43. The van der Waals surface area contributed by atoms with Gasteiger partial charge in [0.15, 0.2) is 0 Å². The third-order valence-corrected chi connectivity index (χ3v) is 2.24. The van der Waals surface area contributed by atoms with Crippen molar-refractivity contribution in [3.05, 3.63) is 0 Å². The van der Waals surface area contributed by atoms with Crippen LogP contribution in [0.4, 0.5) is 0 Å². The highest BCUT2D eigenvalue weighted by molar-refractivity contribution is 5.02. The molecular formula is C8H10O. The first-order valence-corrected chi connectivity index (χ1v) is 3.52. The fourth-order valence-electron chi connectivity index (χ4n) is 1.56. The molecule has 3 unspecified atom stereocenters. The Bertz CT molecular complexity index is 156. The van der Waals surface area contributed by atoms with Crippen molar-refractivity contribution in [2.75, 3.05) is 0 Å². The zero-order chi connectivity index (χ0) is 6.27. The predicted octanol–water partition coefficient (Wildman–Crippen LogP) is 1.19. The van der Waals surface area contributed by atoms with Gasteiger partial charge in [0.1, 0.15) is 0 Å². The van der Waals surface area contributed by atoms with E-state index in [9.17, 15) is 0 Å². The first-order chi connectivity index (χ1) is 4.40. The van der Waals surface area contributed by atoms with E-state index in [2.05, 4.69) is 5.92 Å². The Morgan fingerprint density at radius 1 is 1.33 bits per heavy atom. The van der Waals surface area contributed by atoms with Crippen LogP contribution >= 0.6 is 0 Å². The molecule has 1 aliphatic carbocycles. The second-order valence-corrected chi connectivity index (χ2v) is 2.89. The van der Waals surface area contributed by atoms with Crippen LogP contribution in [0.5, 0.6) is 0 Å². The fourth-order valence-corrected chi connectivity index (χ4v) is 1.56. The van der Waals surface area contributed by atoms with Crippen LogP contribution in [-0.4, -0.2) is 12.2 Å². The molecule has 0 aromatic carbocycles. The lowest BCUT2D eigenvalue weighted by Gasteiger charge is -2.10. The average molecular weight is 122 g/mol. The van der Waals surface area contributed by atoms with Crippen molar-refractivity contribution in [2.45, 2.75) is 31.5 Å². The maximum Gasteiger partial charge on any atom is 0.0853 e. The predicted molar refractivity (Wildman–Crippen MR) is 34.8 cm³/mol. The summed E-state index contributed by atoms with van der Waals surface area (Å²) >= 11 is 0. The van der Waals surface area contributed by atoms with E-state index >= 15 is 0 Å². The smallest absolute Gasteiger partial charge is 0.0853 e. The Morgan fingerprint density at radius 3 is 2.89 bits per heavy atom. The van der Waals surface area contributed by atoms with Gasteiger partial charge in [-0.2, -0.15) is 0 Å². The molecule has 3 atom stereocenters. The monoisotopic (exact) mass is 122 g/mol. The molecule has 2 fully saturated rings. The molecule has 1 aliphatic heterocycles. The van der Waals surface area contributed by atoms with Crippen molar-refractivity contribution >= 4 is 0 Å². The van der Waals surface area contributed by atoms with E-state index in [0.29, 0.717) is 18.1 Å². The van der Waals surface area contributed by atoms with Crippen molar-refractivity contribution < 1.29 is 4.74 Å². The summed E-state index contributed by atoms with van der Waals surface area (Å²) in [6, 6.07) is 0. The number of hydrogen-bond acceptors (Lipinski definition) is 1. The van der Waals surface area contributed by atoms with Crippen LogP contribution in [0.25, 0.3) is 0 Å². The van der Waals surface area contributed by atoms with E-state index in [1.807, 2.05) is 0 Å². The van der Waals surface area contributed by atoms with Gasteiger partial charge >= 0.3 is 0 Å². The number of fused-ring (bicyclic) bond motifs is 1. The second kappa shape index (κ2) is 1.75. The lowest BCUT2D eigenvalue weighted by atomic mass is 9.90. The molecule has 1 nitrogen and oxygen atoms in total. The first kappa shape index (κ1) is 5.32. The summed E-state index contributed by atoms with van der Waals surface area (Å²) in [5.74, 6) is 3.29. The lowest BCUT2D eigenvalue weighted by molar-refractivity contribution is 0.371. The largest absolute Gasteiger partial charge is 0.370 e. The topological polar surface area (TPSA) is 12.5 Å². The van der Waals surface area contributed by atoms with Crippen molar-refractivity contribution in [3.8, 4) is 12.3 Å². The summed E-state index contributed by atoms with van der Waals surface area (Å²) in [7, 11) is 0. The van der Waals surface area contributed by atoms with Gasteiger partial charge in [0.05, 0.1) is 12.2 Å². The molecule has 0 bridgehead atoms. The highest BCUT2D eigenvalue weighted by Crippen LogP contribution is 2.38. The van der Waals surface area contributed by atoms with Crippen molar-refractivity contribution in [3.63, 3.8) is 0 Å². The third kappa shape index (κ3) is 0.840. The summed E-state index contributed by atoms with van der Waals surface area (Å²) in [6.07, 6.45) is 9.90. The molecule has 0 spiro atoms. The van der Waals surface area contributed by atoms with Crippen LogP contribution in [0.1, 0.15) is 19.3 Å². The lowest BCUT2D eigenvalue weighted by Crippen LogP contribution is -2.11. The highest BCUT2D eigenvalue weighted by atomic mass is 16.6. The third-order valence-electron chi connectivity index (χ3n) is 2.24. The second-order valence-electron chi connectivity index (χ2n) is 2.89. The average Bonchev–Trinajstić information content (AvgIpc) is 2.64. The summed E-state index contributed by atoms with van der Waals surface area (Å²) in [5, 5.41) is 0. The summed E-state index contributed by atoms with van der Waals surface area (Å²) in [5.41, 5.74) is 0. The van der Waals surface area contributed by atoms with Gasteiger partial charge in [-0.25, -0.2) is 0 Å². The van der Waals surface area contributed by atoms with Crippen molar-refractivity contribution in [1.29, 1.82) is 0 Å². The fraction of sp³-hybridized carbons (Fsp3) is 0.750. The summed E-state index contributed by atoms with van der Waals surface area (Å²) < 4.78 is 5.31.